The molecule has 1 radical (unpaired) electrons. The van der Waals surface area contributed by atoms with Gasteiger partial charge in [0.15, 0.2) is 0 Å². The summed E-state index contributed by atoms with van der Waals surface area (Å²) in [6.45, 7) is 4.55. The van der Waals surface area contributed by atoms with Crippen molar-refractivity contribution in [3.05, 3.63) is 18.6 Å². The van der Waals surface area contributed by atoms with E-state index in [9.17, 15) is 0 Å². The van der Waals surface area contributed by atoms with Crippen LogP contribution in [0.25, 0.3) is 0 Å². The van der Waals surface area contributed by atoms with Crippen molar-refractivity contribution in [3.63, 3.8) is 0 Å². The van der Waals surface area contributed by atoms with Crippen LogP contribution < -0.4 is 0 Å². The lowest BCUT2D eigenvalue weighted by atomic mass is 9.83. The highest BCUT2D eigenvalue weighted by Gasteiger charge is 2.15. The van der Waals surface area contributed by atoms with E-state index in [1.54, 1.807) is 0 Å². The summed E-state index contributed by atoms with van der Waals surface area (Å²) < 4.78 is 0. The molecule has 12 heavy (non-hydrogen) atoms. The lowest BCUT2D eigenvalue weighted by molar-refractivity contribution is 0.340. The summed E-state index contributed by atoms with van der Waals surface area (Å²) in [5.74, 6) is 1.76. The zero-order valence-corrected chi connectivity index (χ0v) is 8.42. The average Bonchev–Trinajstić information content (AvgIpc) is 2.02. The van der Waals surface area contributed by atoms with Crippen molar-refractivity contribution < 1.29 is 0 Å². The maximum Gasteiger partial charge on any atom is -0.0348 e. The standard InChI is InChI=1S/C12H21/c1-3-11(2)12-9-7-5-4-6-8-10-12/h3-5,11-12H,6-10H2,1-2H3. The topological polar surface area (TPSA) is 0 Å². The van der Waals surface area contributed by atoms with E-state index in [2.05, 4.69) is 32.4 Å². The van der Waals surface area contributed by atoms with Crippen molar-refractivity contribution in [2.75, 3.05) is 0 Å². The summed E-state index contributed by atoms with van der Waals surface area (Å²) in [5.41, 5.74) is 0. The first-order valence-corrected chi connectivity index (χ1v) is 5.29. The van der Waals surface area contributed by atoms with Gasteiger partial charge in [0.2, 0.25) is 0 Å². The van der Waals surface area contributed by atoms with Crippen LogP contribution in [0.3, 0.4) is 0 Å². The van der Waals surface area contributed by atoms with Crippen LogP contribution >= 0.6 is 0 Å². The predicted molar refractivity (Wildman–Crippen MR) is 54.9 cm³/mol. The third-order valence-electron chi connectivity index (χ3n) is 3.09. The lowest BCUT2D eigenvalue weighted by Gasteiger charge is -2.23. The Balaban J connectivity index is 2.36. The van der Waals surface area contributed by atoms with Crippen LogP contribution in [0.5, 0.6) is 0 Å². The van der Waals surface area contributed by atoms with E-state index in [0.717, 1.165) is 11.8 Å². The van der Waals surface area contributed by atoms with Crippen LogP contribution in [-0.4, -0.2) is 0 Å². The molecule has 0 saturated heterocycles. The summed E-state index contributed by atoms with van der Waals surface area (Å²) >= 11 is 0. The van der Waals surface area contributed by atoms with Gasteiger partial charge < -0.3 is 0 Å². The van der Waals surface area contributed by atoms with Gasteiger partial charge in [0.1, 0.15) is 0 Å². The van der Waals surface area contributed by atoms with Gasteiger partial charge in [-0.1, -0.05) is 26.0 Å². The van der Waals surface area contributed by atoms with Gasteiger partial charge in [0.05, 0.1) is 0 Å². The van der Waals surface area contributed by atoms with E-state index in [-0.39, 0.29) is 0 Å². The molecular weight excluding hydrogens is 144 g/mol. The van der Waals surface area contributed by atoms with Crippen LogP contribution in [0, 0.1) is 18.3 Å². The lowest BCUT2D eigenvalue weighted by Crippen LogP contribution is -2.12. The number of hydrogen-bond donors (Lipinski definition) is 0. The quantitative estimate of drug-likeness (QED) is 0.543. The van der Waals surface area contributed by atoms with E-state index in [1.807, 2.05) is 0 Å². The Hall–Kier alpha value is -0.260. The first-order chi connectivity index (χ1) is 5.84. The van der Waals surface area contributed by atoms with Crippen molar-refractivity contribution in [2.24, 2.45) is 11.8 Å². The van der Waals surface area contributed by atoms with E-state index in [0.29, 0.717) is 0 Å². The monoisotopic (exact) mass is 165 g/mol. The Morgan fingerprint density at radius 3 is 2.75 bits per heavy atom. The Morgan fingerprint density at radius 2 is 2.00 bits per heavy atom. The Kier molecular flexibility index (Phi) is 4.42. The van der Waals surface area contributed by atoms with Gasteiger partial charge >= 0.3 is 0 Å². The predicted octanol–water partition coefficient (Wildman–Crippen LogP) is 3.98. The van der Waals surface area contributed by atoms with Crippen LogP contribution in [0.15, 0.2) is 12.2 Å². The SMILES string of the molecule is C[CH]C(C)C1CCC=CCCC1. The van der Waals surface area contributed by atoms with Gasteiger partial charge in [-0.05, 0) is 50.4 Å². The molecule has 0 heterocycles. The largest absolute Gasteiger partial charge is 0.0885 e. The number of allylic oxidation sites excluding steroid dienone is 2. The summed E-state index contributed by atoms with van der Waals surface area (Å²) in [4.78, 5) is 0. The molecule has 0 nitrogen and oxygen atoms in total. The summed E-state index contributed by atoms with van der Waals surface area (Å²) in [6.07, 6.45) is 13.9. The van der Waals surface area contributed by atoms with Gasteiger partial charge in [-0.25, -0.2) is 0 Å². The van der Waals surface area contributed by atoms with E-state index in [1.165, 1.54) is 32.1 Å². The zero-order valence-electron chi connectivity index (χ0n) is 8.42. The molecule has 0 aromatic rings. The van der Waals surface area contributed by atoms with Crippen molar-refractivity contribution in [1.82, 2.24) is 0 Å². The molecule has 2 atom stereocenters. The average molecular weight is 165 g/mol. The Bertz CT molecular complexity index is 135. The second-order valence-corrected chi connectivity index (χ2v) is 3.93. The number of rotatable bonds is 2. The van der Waals surface area contributed by atoms with Crippen molar-refractivity contribution >= 4 is 0 Å². The molecule has 0 aromatic carbocycles. The molecule has 0 heteroatoms. The molecule has 2 unspecified atom stereocenters. The van der Waals surface area contributed by atoms with Crippen molar-refractivity contribution in [2.45, 2.75) is 46.0 Å². The van der Waals surface area contributed by atoms with Gasteiger partial charge in [-0.2, -0.15) is 0 Å². The summed E-state index contributed by atoms with van der Waals surface area (Å²) in [6, 6.07) is 0. The first kappa shape index (κ1) is 9.83. The maximum absolute atomic E-state index is 2.36. The third-order valence-corrected chi connectivity index (χ3v) is 3.09. The minimum atomic E-state index is 0.816. The normalized spacial score (nSPS) is 27.7. The van der Waals surface area contributed by atoms with Crippen molar-refractivity contribution in [1.29, 1.82) is 0 Å². The number of hydrogen-bond acceptors (Lipinski definition) is 0. The molecule has 0 fully saturated rings. The van der Waals surface area contributed by atoms with Gasteiger partial charge in [-0.15, -0.1) is 0 Å². The second-order valence-electron chi connectivity index (χ2n) is 3.93. The van der Waals surface area contributed by atoms with E-state index in [4.69, 9.17) is 0 Å². The maximum atomic E-state index is 2.36. The fraction of sp³-hybridized carbons (Fsp3) is 0.750. The minimum absolute atomic E-state index is 0.816. The van der Waals surface area contributed by atoms with Crippen LogP contribution in [0.2, 0.25) is 0 Å². The molecular formula is C12H21. The molecule has 0 amide bonds. The van der Waals surface area contributed by atoms with E-state index < -0.39 is 0 Å². The summed E-state index contributed by atoms with van der Waals surface area (Å²) in [5, 5.41) is 0. The first-order valence-electron chi connectivity index (χ1n) is 5.29. The molecule has 0 spiro atoms. The highest BCUT2D eigenvalue weighted by molar-refractivity contribution is 4.87. The molecule has 1 aliphatic carbocycles. The highest BCUT2D eigenvalue weighted by Crippen LogP contribution is 2.27. The van der Waals surface area contributed by atoms with Crippen molar-refractivity contribution in [3.8, 4) is 0 Å². The molecule has 1 aliphatic rings. The van der Waals surface area contributed by atoms with Gasteiger partial charge in [-0.3, -0.25) is 0 Å². The molecule has 69 valence electrons. The highest BCUT2D eigenvalue weighted by atomic mass is 14.2. The molecule has 0 bridgehead atoms. The molecule has 0 aromatic heterocycles. The smallest absolute Gasteiger partial charge is 0.0348 e. The van der Waals surface area contributed by atoms with Gasteiger partial charge in [0, 0.05) is 0 Å². The Labute approximate surface area is 77.1 Å². The minimum Gasteiger partial charge on any atom is -0.0885 e. The Morgan fingerprint density at radius 1 is 1.25 bits per heavy atom. The molecule has 0 N–H and O–H groups in total. The van der Waals surface area contributed by atoms with Crippen LogP contribution in [-0.2, 0) is 0 Å². The zero-order chi connectivity index (χ0) is 8.81. The van der Waals surface area contributed by atoms with Crippen LogP contribution in [0.4, 0.5) is 0 Å². The molecule has 0 aliphatic heterocycles. The fourth-order valence-corrected chi connectivity index (χ4v) is 1.99. The van der Waals surface area contributed by atoms with Crippen LogP contribution in [0.1, 0.15) is 46.0 Å². The van der Waals surface area contributed by atoms with E-state index >= 15 is 0 Å². The third kappa shape index (κ3) is 3.00. The molecule has 1 rings (SSSR count). The van der Waals surface area contributed by atoms with Gasteiger partial charge in [0.25, 0.3) is 0 Å². The fourth-order valence-electron chi connectivity index (χ4n) is 1.99. The second kappa shape index (κ2) is 5.40. The molecule has 0 saturated carbocycles. The summed E-state index contributed by atoms with van der Waals surface area (Å²) in [7, 11) is 0.